The summed E-state index contributed by atoms with van der Waals surface area (Å²) in [6.07, 6.45) is 5.65. The first-order valence-electron chi connectivity index (χ1n) is 5.18. The van der Waals surface area contributed by atoms with Crippen LogP contribution < -0.4 is 0 Å². The third kappa shape index (κ3) is 2.84. The SMILES string of the molecule is C/C(=C/n1ccccc1=S)c1cccnc1S. The van der Waals surface area contributed by atoms with Gasteiger partial charge >= 0.3 is 0 Å². The zero-order valence-corrected chi connectivity index (χ0v) is 11.1. The van der Waals surface area contributed by atoms with E-state index in [4.69, 9.17) is 12.2 Å². The summed E-state index contributed by atoms with van der Waals surface area (Å²) in [5.74, 6) is 0. The number of allylic oxidation sites excluding steroid dienone is 1. The van der Waals surface area contributed by atoms with E-state index in [1.165, 1.54) is 0 Å². The van der Waals surface area contributed by atoms with Crippen LogP contribution in [0.5, 0.6) is 0 Å². The quantitative estimate of drug-likeness (QED) is 0.651. The first kappa shape index (κ1) is 12.1. The molecule has 0 bridgehead atoms. The minimum absolute atomic E-state index is 0.726. The Bertz CT molecular complexity index is 615. The third-order valence-corrected chi connectivity index (χ3v) is 3.10. The van der Waals surface area contributed by atoms with Gasteiger partial charge in [-0.2, -0.15) is 0 Å². The topological polar surface area (TPSA) is 17.8 Å². The Balaban J connectivity index is 2.46. The van der Waals surface area contributed by atoms with Gasteiger partial charge in [0.15, 0.2) is 0 Å². The monoisotopic (exact) mass is 260 g/mol. The number of hydrogen-bond acceptors (Lipinski definition) is 3. The summed E-state index contributed by atoms with van der Waals surface area (Å²) in [6, 6.07) is 9.66. The van der Waals surface area contributed by atoms with E-state index in [9.17, 15) is 0 Å². The van der Waals surface area contributed by atoms with Crippen LogP contribution in [0.15, 0.2) is 47.8 Å². The zero-order valence-electron chi connectivity index (χ0n) is 9.37. The smallest absolute Gasteiger partial charge is 0.109 e. The molecule has 0 aliphatic rings. The molecule has 0 saturated heterocycles. The fraction of sp³-hybridized carbons (Fsp3) is 0.0769. The summed E-state index contributed by atoms with van der Waals surface area (Å²) >= 11 is 9.58. The van der Waals surface area contributed by atoms with Gasteiger partial charge in [0.1, 0.15) is 9.67 Å². The standard InChI is InChI=1S/C13H12N2S2/c1-10(11-5-4-7-14-13(11)17)9-15-8-3-2-6-12(15)16/h2-9H,1H3,(H,14,17)/b10-9-. The molecule has 0 aliphatic heterocycles. The first-order valence-corrected chi connectivity index (χ1v) is 6.04. The molecule has 2 rings (SSSR count). The van der Waals surface area contributed by atoms with Crippen molar-refractivity contribution in [2.45, 2.75) is 11.9 Å². The normalized spacial score (nSPS) is 11.5. The molecule has 0 unspecified atom stereocenters. The van der Waals surface area contributed by atoms with Gasteiger partial charge in [-0.15, -0.1) is 12.6 Å². The van der Waals surface area contributed by atoms with Crippen LogP contribution in [0.4, 0.5) is 0 Å². The predicted octanol–water partition coefficient (Wildman–Crippen LogP) is 3.92. The Morgan fingerprint density at radius 3 is 2.88 bits per heavy atom. The lowest BCUT2D eigenvalue weighted by molar-refractivity contribution is 1.09. The second kappa shape index (κ2) is 5.29. The number of pyridine rings is 2. The molecular formula is C13H12N2S2. The fourth-order valence-corrected chi connectivity index (χ4v) is 2.04. The van der Waals surface area contributed by atoms with Crippen molar-refractivity contribution in [3.8, 4) is 0 Å². The lowest BCUT2D eigenvalue weighted by Gasteiger charge is -2.06. The van der Waals surface area contributed by atoms with Crippen LogP contribution in [-0.2, 0) is 0 Å². The average Bonchev–Trinajstić information content (AvgIpc) is 2.32. The minimum Gasteiger partial charge on any atom is -0.315 e. The molecule has 0 amide bonds. The van der Waals surface area contributed by atoms with Crippen molar-refractivity contribution in [3.63, 3.8) is 0 Å². The molecule has 0 spiro atoms. The number of rotatable bonds is 2. The van der Waals surface area contributed by atoms with Crippen molar-refractivity contribution in [1.82, 2.24) is 9.55 Å². The minimum atomic E-state index is 0.726. The highest BCUT2D eigenvalue weighted by molar-refractivity contribution is 7.80. The Labute approximate surface area is 111 Å². The van der Waals surface area contributed by atoms with Gasteiger partial charge in [-0.05, 0) is 30.7 Å². The van der Waals surface area contributed by atoms with Crippen LogP contribution in [0.1, 0.15) is 12.5 Å². The maximum atomic E-state index is 5.24. The maximum Gasteiger partial charge on any atom is 0.109 e. The second-order valence-corrected chi connectivity index (χ2v) is 4.47. The van der Waals surface area contributed by atoms with Gasteiger partial charge in [0.2, 0.25) is 0 Å². The summed E-state index contributed by atoms with van der Waals surface area (Å²) in [5.41, 5.74) is 2.09. The molecule has 0 N–H and O–H groups in total. The number of thiol groups is 1. The van der Waals surface area contributed by atoms with Crippen molar-refractivity contribution in [1.29, 1.82) is 0 Å². The Morgan fingerprint density at radius 2 is 2.18 bits per heavy atom. The van der Waals surface area contributed by atoms with Crippen molar-refractivity contribution in [2.75, 3.05) is 0 Å². The fourth-order valence-electron chi connectivity index (χ4n) is 1.53. The molecule has 0 radical (unpaired) electrons. The molecule has 2 nitrogen and oxygen atoms in total. The number of hydrogen-bond donors (Lipinski definition) is 1. The lowest BCUT2D eigenvalue weighted by Crippen LogP contribution is -1.92. The van der Waals surface area contributed by atoms with Crippen LogP contribution in [-0.4, -0.2) is 9.55 Å². The van der Waals surface area contributed by atoms with Crippen LogP contribution in [0.2, 0.25) is 0 Å². The summed E-state index contributed by atoms with van der Waals surface area (Å²) < 4.78 is 2.68. The molecule has 2 aromatic rings. The van der Waals surface area contributed by atoms with Gasteiger partial charge in [0.05, 0.1) is 0 Å². The van der Waals surface area contributed by atoms with E-state index < -0.39 is 0 Å². The van der Waals surface area contributed by atoms with E-state index >= 15 is 0 Å². The molecule has 0 aliphatic carbocycles. The van der Waals surface area contributed by atoms with E-state index in [-0.39, 0.29) is 0 Å². The van der Waals surface area contributed by atoms with Crippen molar-refractivity contribution in [3.05, 3.63) is 52.9 Å². The zero-order chi connectivity index (χ0) is 12.3. The highest BCUT2D eigenvalue weighted by Crippen LogP contribution is 2.20. The molecule has 0 aromatic carbocycles. The van der Waals surface area contributed by atoms with E-state index in [1.54, 1.807) is 6.20 Å². The third-order valence-electron chi connectivity index (χ3n) is 2.40. The summed E-state index contributed by atoms with van der Waals surface area (Å²) in [4.78, 5) is 4.15. The Kier molecular flexibility index (Phi) is 3.76. The van der Waals surface area contributed by atoms with Crippen LogP contribution >= 0.6 is 24.8 Å². The molecule has 2 aromatic heterocycles. The highest BCUT2D eigenvalue weighted by atomic mass is 32.1. The molecule has 4 heteroatoms. The van der Waals surface area contributed by atoms with Crippen molar-refractivity contribution < 1.29 is 0 Å². The summed E-state index contributed by atoms with van der Waals surface area (Å²) in [6.45, 7) is 2.02. The van der Waals surface area contributed by atoms with Gasteiger partial charge in [0, 0.05) is 24.2 Å². The van der Waals surface area contributed by atoms with Gasteiger partial charge < -0.3 is 4.57 Å². The van der Waals surface area contributed by atoms with E-state index in [1.807, 2.05) is 54.2 Å². The Hall–Kier alpha value is -1.39. The summed E-state index contributed by atoms with van der Waals surface area (Å²) in [7, 11) is 0. The van der Waals surface area contributed by atoms with Crippen LogP contribution in [0.25, 0.3) is 11.8 Å². The molecular weight excluding hydrogens is 248 g/mol. The molecule has 2 heterocycles. The Morgan fingerprint density at radius 1 is 1.35 bits per heavy atom. The molecule has 0 fully saturated rings. The average molecular weight is 260 g/mol. The van der Waals surface area contributed by atoms with Gasteiger partial charge in [-0.25, -0.2) is 4.98 Å². The molecule has 0 atom stereocenters. The predicted molar refractivity (Wildman–Crippen MR) is 76.6 cm³/mol. The molecule has 17 heavy (non-hydrogen) atoms. The van der Waals surface area contributed by atoms with E-state index in [2.05, 4.69) is 17.6 Å². The van der Waals surface area contributed by atoms with E-state index in [0.717, 1.165) is 20.8 Å². The van der Waals surface area contributed by atoms with Crippen LogP contribution in [0, 0.1) is 4.64 Å². The van der Waals surface area contributed by atoms with Crippen molar-refractivity contribution >= 4 is 36.6 Å². The first-order chi connectivity index (χ1) is 8.18. The lowest BCUT2D eigenvalue weighted by atomic mass is 10.1. The largest absolute Gasteiger partial charge is 0.315 e. The van der Waals surface area contributed by atoms with E-state index in [0.29, 0.717) is 0 Å². The van der Waals surface area contributed by atoms with Gasteiger partial charge in [0.25, 0.3) is 0 Å². The summed E-state index contributed by atoms with van der Waals surface area (Å²) in [5, 5.41) is 0.726. The second-order valence-electron chi connectivity index (χ2n) is 3.63. The maximum absolute atomic E-state index is 5.24. The molecule has 0 saturated carbocycles. The van der Waals surface area contributed by atoms with Gasteiger partial charge in [-0.1, -0.05) is 24.4 Å². The highest BCUT2D eigenvalue weighted by Gasteiger charge is 2.01. The molecule has 86 valence electrons. The number of aromatic nitrogens is 2. The van der Waals surface area contributed by atoms with Gasteiger partial charge in [-0.3, -0.25) is 0 Å². The van der Waals surface area contributed by atoms with Crippen LogP contribution in [0.3, 0.4) is 0 Å². The van der Waals surface area contributed by atoms with Crippen molar-refractivity contribution in [2.24, 2.45) is 0 Å². The number of nitrogens with zero attached hydrogens (tertiary/aromatic N) is 2.